The van der Waals surface area contributed by atoms with Crippen molar-refractivity contribution in [3.8, 4) is 0 Å². The molecule has 1 aromatic heterocycles. The van der Waals surface area contributed by atoms with E-state index in [0.717, 1.165) is 10.5 Å². The highest BCUT2D eigenvalue weighted by molar-refractivity contribution is 7.80. The maximum absolute atomic E-state index is 5.19. The van der Waals surface area contributed by atoms with Crippen LogP contribution in [0.1, 0.15) is 58.1 Å². The molecule has 0 aromatic carbocycles. The minimum atomic E-state index is 0.552. The van der Waals surface area contributed by atoms with Gasteiger partial charge in [-0.05, 0) is 49.7 Å². The fourth-order valence-corrected chi connectivity index (χ4v) is 4.22. The van der Waals surface area contributed by atoms with Crippen molar-refractivity contribution >= 4 is 24.8 Å². The lowest BCUT2D eigenvalue weighted by Gasteiger charge is -2.34. The van der Waals surface area contributed by atoms with E-state index in [1.165, 1.54) is 31.4 Å². The number of thiol groups is 1. The van der Waals surface area contributed by atoms with Crippen LogP contribution in [0, 0.1) is 16.6 Å². The van der Waals surface area contributed by atoms with Crippen molar-refractivity contribution in [1.29, 1.82) is 0 Å². The Morgan fingerprint density at radius 3 is 2.65 bits per heavy atom. The van der Waals surface area contributed by atoms with Gasteiger partial charge in [0.05, 0.1) is 0 Å². The Hall–Kier alpha value is -0.480. The van der Waals surface area contributed by atoms with E-state index in [2.05, 4.69) is 49.6 Å². The highest BCUT2D eigenvalue weighted by Gasteiger charge is 2.30. The first kappa shape index (κ1) is 15.9. The van der Waals surface area contributed by atoms with E-state index in [1.54, 1.807) is 11.1 Å². The fourth-order valence-electron chi connectivity index (χ4n) is 3.69. The van der Waals surface area contributed by atoms with Crippen LogP contribution in [0.15, 0.2) is 17.3 Å². The summed E-state index contributed by atoms with van der Waals surface area (Å²) in [5, 5.41) is 0. The second-order valence-corrected chi connectivity index (χ2v) is 6.91. The predicted molar refractivity (Wildman–Crippen MR) is 92.1 cm³/mol. The zero-order valence-corrected chi connectivity index (χ0v) is 14.4. The average Bonchev–Trinajstić information content (AvgIpc) is 2.84. The number of hydrogen-bond donors (Lipinski definition) is 3. The quantitative estimate of drug-likeness (QED) is 0.387. The molecule has 1 aliphatic rings. The lowest BCUT2D eigenvalue weighted by atomic mass is 9.72. The molecule has 2 unspecified atom stereocenters. The molecule has 20 heavy (non-hydrogen) atoms. The summed E-state index contributed by atoms with van der Waals surface area (Å²) < 4.78 is 0.737. The Morgan fingerprint density at radius 1 is 1.40 bits per heavy atom. The zero-order valence-electron chi connectivity index (χ0n) is 12.7. The van der Waals surface area contributed by atoms with Crippen LogP contribution in [0.5, 0.6) is 0 Å². The molecule has 2 nitrogen and oxygen atoms in total. The highest BCUT2D eigenvalue weighted by Crippen LogP contribution is 2.42. The number of rotatable bonds is 5. The van der Waals surface area contributed by atoms with E-state index in [9.17, 15) is 0 Å². The number of allylic oxidation sites excluding steroid dienone is 1. The number of hydrogen-bond acceptors (Lipinski definition) is 2. The Kier molecular flexibility index (Phi) is 5.56. The smallest absolute Gasteiger partial charge is 0.174 e. The number of nitrogens with one attached hydrogen (secondary N) is 2. The second kappa shape index (κ2) is 6.99. The van der Waals surface area contributed by atoms with E-state index in [4.69, 9.17) is 12.2 Å². The monoisotopic (exact) mass is 310 g/mol. The second-order valence-electron chi connectivity index (χ2n) is 6.19. The Morgan fingerprint density at radius 2 is 2.15 bits per heavy atom. The summed E-state index contributed by atoms with van der Waals surface area (Å²) in [6.07, 6.45) is 6.97. The van der Waals surface area contributed by atoms with E-state index in [-0.39, 0.29) is 0 Å². The van der Waals surface area contributed by atoms with E-state index in [1.807, 2.05) is 0 Å². The number of aromatic nitrogens is 2. The number of aromatic amines is 2. The molecular weight excluding hydrogens is 284 g/mol. The van der Waals surface area contributed by atoms with Crippen LogP contribution in [0.2, 0.25) is 0 Å². The first-order valence-corrected chi connectivity index (χ1v) is 8.69. The third kappa shape index (κ3) is 3.40. The van der Waals surface area contributed by atoms with Gasteiger partial charge in [0.15, 0.2) is 4.77 Å². The summed E-state index contributed by atoms with van der Waals surface area (Å²) in [5.41, 5.74) is 4.49. The predicted octanol–water partition coefficient (Wildman–Crippen LogP) is 5.25. The molecule has 0 radical (unpaired) electrons. The van der Waals surface area contributed by atoms with E-state index >= 15 is 0 Å². The molecule has 2 N–H and O–H groups in total. The van der Waals surface area contributed by atoms with E-state index in [0.29, 0.717) is 17.8 Å². The molecule has 0 bridgehead atoms. The molecule has 1 aliphatic carbocycles. The van der Waals surface area contributed by atoms with Gasteiger partial charge in [-0.25, -0.2) is 0 Å². The minimum Gasteiger partial charge on any atom is -0.337 e. The molecule has 0 saturated heterocycles. The van der Waals surface area contributed by atoms with Crippen molar-refractivity contribution in [2.24, 2.45) is 11.8 Å². The Balaban J connectivity index is 2.24. The highest BCUT2D eigenvalue weighted by atomic mass is 32.1. The molecule has 0 aliphatic heterocycles. The van der Waals surface area contributed by atoms with Gasteiger partial charge in [-0.1, -0.05) is 31.9 Å². The molecule has 0 saturated carbocycles. The van der Waals surface area contributed by atoms with Crippen molar-refractivity contribution in [3.63, 3.8) is 0 Å². The van der Waals surface area contributed by atoms with Crippen LogP contribution in [-0.2, 0) is 0 Å². The van der Waals surface area contributed by atoms with Crippen LogP contribution in [0.4, 0.5) is 0 Å². The summed E-state index contributed by atoms with van der Waals surface area (Å²) in [6, 6.07) is 0. The van der Waals surface area contributed by atoms with Crippen LogP contribution in [-0.4, -0.2) is 15.7 Å². The molecule has 112 valence electrons. The van der Waals surface area contributed by atoms with Gasteiger partial charge in [-0.2, -0.15) is 12.6 Å². The minimum absolute atomic E-state index is 0.552. The van der Waals surface area contributed by atoms with Crippen LogP contribution in [0.25, 0.3) is 0 Å². The lowest BCUT2D eigenvalue weighted by molar-refractivity contribution is 0.303. The van der Waals surface area contributed by atoms with Crippen molar-refractivity contribution in [3.05, 3.63) is 27.8 Å². The van der Waals surface area contributed by atoms with Gasteiger partial charge < -0.3 is 9.97 Å². The molecule has 2 atom stereocenters. The standard InChI is InChI=1S/C16H26N2S2/c1-4-11-5-6-12(7-13(11)9-19)15(10(2)3)14-8-17-16(20)18-14/h8,10,12,15,19H,4-7,9H2,1-3H3,(H2,17,18,20). The van der Waals surface area contributed by atoms with Gasteiger partial charge in [-0.3, -0.25) is 0 Å². The molecular formula is C16H26N2S2. The van der Waals surface area contributed by atoms with Crippen LogP contribution in [0.3, 0.4) is 0 Å². The average molecular weight is 311 g/mol. The van der Waals surface area contributed by atoms with Crippen molar-refractivity contribution in [2.75, 3.05) is 5.75 Å². The Labute approximate surface area is 132 Å². The van der Waals surface area contributed by atoms with Crippen LogP contribution < -0.4 is 0 Å². The summed E-state index contributed by atoms with van der Waals surface area (Å²) in [5.74, 6) is 2.78. The van der Waals surface area contributed by atoms with Crippen molar-refractivity contribution < 1.29 is 0 Å². The molecule has 0 amide bonds. The molecule has 0 spiro atoms. The Bertz CT molecular complexity index is 525. The number of imidazole rings is 1. The SMILES string of the molecule is CCC1=C(CS)CC(C(c2c[nH]c(=S)[nH]2)C(C)C)CC1. The van der Waals surface area contributed by atoms with E-state index < -0.39 is 0 Å². The van der Waals surface area contributed by atoms with Gasteiger partial charge in [0.25, 0.3) is 0 Å². The van der Waals surface area contributed by atoms with Gasteiger partial charge in [-0.15, -0.1) is 0 Å². The molecule has 2 rings (SSSR count). The molecule has 4 heteroatoms. The summed E-state index contributed by atoms with van der Waals surface area (Å²) in [6.45, 7) is 6.89. The van der Waals surface area contributed by atoms with Crippen molar-refractivity contribution in [2.45, 2.75) is 52.4 Å². The first-order valence-electron chi connectivity index (χ1n) is 7.65. The summed E-state index contributed by atoms with van der Waals surface area (Å²) >= 11 is 9.73. The van der Waals surface area contributed by atoms with Gasteiger partial charge in [0, 0.05) is 23.6 Å². The summed E-state index contributed by atoms with van der Waals surface area (Å²) in [4.78, 5) is 6.46. The first-order chi connectivity index (χ1) is 9.56. The third-order valence-corrected chi connectivity index (χ3v) is 5.25. The molecule has 0 fully saturated rings. The maximum atomic E-state index is 5.19. The zero-order chi connectivity index (χ0) is 14.7. The lowest BCUT2D eigenvalue weighted by Crippen LogP contribution is -2.23. The maximum Gasteiger partial charge on any atom is 0.174 e. The van der Waals surface area contributed by atoms with Gasteiger partial charge in [0.1, 0.15) is 0 Å². The summed E-state index contributed by atoms with van der Waals surface area (Å²) in [7, 11) is 0. The van der Waals surface area contributed by atoms with Gasteiger partial charge >= 0.3 is 0 Å². The molecule has 1 aromatic rings. The largest absolute Gasteiger partial charge is 0.337 e. The van der Waals surface area contributed by atoms with Crippen LogP contribution >= 0.6 is 24.8 Å². The van der Waals surface area contributed by atoms with Crippen molar-refractivity contribution in [1.82, 2.24) is 9.97 Å². The fraction of sp³-hybridized carbons (Fsp3) is 0.688. The topological polar surface area (TPSA) is 31.6 Å². The van der Waals surface area contributed by atoms with Gasteiger partial charge in [0.2, 0.25) is 0 Å². The number of H-pyrrole nitrogens is 2. The normalized spacial score (nSPS) is 21.6. The molecule has 1 heterocycles. The third-order valence-electron chi connectivity index (χ3n) is 4.64.